The molecular weight excluding hydrogens is 392 g/mol. The molecule has 2 N–H and O–H groups in total. The number of carbonyl (C=O) groups excluding carboxylic acids is 2. The van der Waals surface area contributed by atoms with Crippen molar-refractivity contribution in [3.63, 3.8) is 0 Å². The van der Waals surface area contributed by atoms with Gasteiger partial charge < -0.3 is 14.9 Å². The summed E-state index contributed by atoms with van der Waals surface area (Å²) < 4.78 is 6.43. The van der Waals surface area contributed by atoms with Crippen LogP contribution in [0.5, 0.6) is 0 Å². The normalized spacial score (nSPS) is 44.3. The van der Waals surface area contributed by atoms with Crippen molar-refractivity contribution in [1.29, 1.82) is 0 Å². The van der Waals surface area contributed by atoms with Gasteiger partial charge in [0.1, 0.15) is 12.2 Å². The second kappa shape index (κ2) is 8.39. The number of hydrogen-bond acceptors (Lipinski definition) is 5. The lowest BCUT2D eigenvalue weighted by Crippen LogP contribution is -2.59. The third-order valence-corrected chi connectivity index (χ3v) is 9.78. The Morgan fingerprint density at radius 1 is 1.16 bits per heavy atom. The van der Waals surface area contributed by atoms with Crippen molar-refractivity contribution in [1.82, 2.24) is 0 Å². The maximum atomic E-state index is 12.6. The summed E-state index contributed by atoms with van der Waals surface area (Å²) in [6.07, 6.45) is 10.5. The van der Waals surface area contributed by atoms with Gasteiger partial charge >= 0.3 is 0 Å². The highest BCUT2D eigenvalue weighted by Gasteiger charge is 2.66. The van der Waals surface area contributed by atoms with Gasteiger partial charge in [-0.2, -0.15) is 0 Å². The Labute approximate surface area is 186 Å². The minimum Gasteiger partial charge on any atom is -0.388 e. The lowest BCUT2D eigenvalue weighted by molar-refractivity contribution is -0.168. The van der Waals surface area contributed by atoms with Gasteiger partial charge in [0.25, 0.3) is 0 Å². The Morgan fingerprint density at radius 2 is 1.90 bits per heavy atom. The SMILES string of the molecule is CCCCCO[C@@H]1C[C@@H]2[C@H](CC[C@@]3(C)[C@H]2CC[C@]3(O)C(=O)CO)[C@@]2(C)CCC(=O)C=C12. The molecule has 174 valence electrons. The summed E-state index contributed by atoms with van der Waals surface area (Å²) in [5, 5.41) is 20.9. The summed E-state index contributed by atoms with van der Waals surface area (Å²) in [4.78, 5) is 24.9. The van der Waals surface area contributed by atoms with Crippen molar-refractivity contribution < 1.29 is 24.5 Å². The first kappa shape index (κ1) is 23.1. The van der Waals surface area contributed by atoms with Gasteiger partial charge in [0.05, 0.1) is 6.10 Å². The van der Waals surface area contributed by atoms with Gasteiger partial charge in [-0.1, -0.05) is 33.6 Å². The minimum absolute atomic E-state index is 0.0445. The number of unbranched alkanes of at least 4 members (excludes halogenated alkanes) is 2. The number of hydrogen-bond donors (Lipinski definition) is 2. The number of carbonyl (C=O) groups is 2. The van der Waals surface area contributed by atoms with E-state index in [1.807, 2.05) is 6.08 Å². The van der Waals surface area contributed by atoms with Gasteiger partial charge in [-0.25, -0.2) is 0 Å². The van der Waals surface area contributed by atoms with Crippen LogP contribution in [-0.2, 0) is 14.3 Å². The highest BCUT2D eigenvalue weighted by Crippen LogP contribution is 2.67. The Bertz CT molecular complexity index is 759. The molecule has 5 nitrogen and oxygen atoms in total. The Kier molecular flexibility index (Phi) is 6.26. The molecule has 0 aliphatic heterocycles. The molecule has 0 aromatic heterocycles. The van der Waals surface area contributed by atoms with E-state index >= 15 is 0 Å². The molecule has 5 heteroatoms. The fourth-order valence-electron chi connectivity index (χ4n) is 7.92. The molecule has 0 unspecified atom stereocenters. The predicted octanol–water partition coefficient (Wildman–Crippen LogP) is 4.00. The molecule has 3 saturated carbocycles. The fourth-order valence-corrected chi connectivity index (χ4v) is 7.92. The first-order valence-corrected chi connectivity index (χ1v) is 12.4. The van der Waals surface area contributed by atoms with Crippen LogP contribution >= 0.6 is 0 Å². The number of ketones is 2. The second-order valence-corrected chi connectivity index (χ2v) is 11.1. The lowest BCUT2D eigenvalue weighted by Gasteiger charge is -2.60. The number of Topliss-reactive ketones (excluding diaryl/α,β-unsaturated/α-hetero) is 1. The van der Waals surface area contributed by atoms with Gasteiger partial charge in [0, 0.05) is 18.4 Å². The van der Waals surface area contributed by atoms with Gasteiger partial charge in [-0.3, -0.25) is 9.59 Å². The number of aliphatic hydroxyl groups is 2. The second-order valence-electron chi connectivity index (χ2n) is 11.1. The van der Waals surface area contributed by atoms with E-state index in [2.05, 4.69) is 20.8 Å². The van der Waals surface area contributed by atoms with Crippen molar-refractivity contribution in [2.45, 2.75) is 96.7 Å². The zero-order valence-electron chi connectivity index (χ0n) is 19.5. The first-order chi connectivity index (χ1) is 14.7. The average molecular weight is 433 g/mol. The molecule has 0 bridgehead atoms. The quantitative estimate of drug-likeness (QED) is 0.594. The van der Waals surface area contributed by atoms with Crippen molar-refractivity contribution in [3.05, 3.63) is 11.6 Å². The number of ether oxygens (including phenoxy) is 1. The molecule has 31 heavy (non-hydrogen) atoms. The molecule has 0 saturated heterocycles. The summed E-state index contributed by atoms with van der Waals surface area (Å²) in [7, 11) is 0. The molecule has 4 aliphatic carbocycles. The predicted molar refractivity (Wildman–Crippen MR) is 118 cm³/mol. The molecule has 4 rings (SSSR count). The highest BCUT2D eigenvalue weighted by atomic mass is 16.5. The van der Waals surface area contributed by atoms with Crippen LogP contribution in [0.1, 0.15) is 85.0 Å². The molecule has 4 aliphatic rings. The Hall–Kier alpha value is -1.04. The van der Waals surface area contributed by atoms with Crippen LogP contribution in [0, 0.1) is 28.6 Å². The van der Waals surface area contributed by atoms with E-state index in [1.54, 1.807) is 0 Å². The van der Waals surface area contributed by atoms with E-state index < -0.39 is 23.4 Å². The van der Waals surface area contributed by atoms with Gasteiger partial charge in [-0.05, 0) is 79.8 Å². The van der Waals surface area contributed by atoms with E-state index in [0.717, 1.165) is 51.4 Å². The monoisotopic (exact) mass is 432 g/mol. The zero-order valence-corrected chi connectivity index (χ0v) is 19.5. The van der Waals surface area contributed by atoms with Crippen LogP contribution in [0.25, 0.3) is 0 Å². The van der Waals surface area contributed by atoms with Crippen molar-refractivity contribution in [2.75, 3.05) is 13.2 Å². The maximum Gasteiger partial charge on any atom is 0.190 e. The van der Waals surface area contributed by atoms with E-state index in [9.17, 15) is 19.8 Å². The summed E-state index contributed by atoms with van der Waals surface area (Å²) in [6, 6.07) is 0. The molecule has 0 aromatic rings. The fraction of sp³-hybridized carbons (Fsp3) is 0.846. The third kappa shape index (κ3) is 3.46. The van der Waals surface area contributed by atoms with Crippen LogP contribution in [0.2, 0.25) is 0 Å². The van der Waals surface area contributed by atoms with E-state index in [1.165, 1.54) is 5.57 Å². The number of rotatable bonds is 7. The zero-order chi connectivity index (χ0) is 22.4. The van der Waals surface area contributed by atoms with Gasteiger partial charge in [0.15, 0.2) is 11.6 Å². The van der Waals surface area contributed by atoms with Crippen LogP contribution in [0.4, 0.5) is 0 Å². The summed E-state index contributed by atoms with van der Waals surface area (Å²) in [6.45, 7) is 6.70. The molecule has 7 atom stereocenters. The number of fused-ring (bicyclic) bond motifs is 5. The van der Waals surface area contributed by atoms with Crippen molar-refractivity contribution in [3.8, 4) is 0 Å². The summed E-state index contributed by atoms with van der Waals surface area (Å²) >= 11 is 0. The number of aliphatic hydroxyl groups excluding tert-OH is 1. The third-order valence-electron chi connectivity index (χ3n) is 9.78. The average Bonchev–Trinajstić information content (AvgIpc) is 3.03. The van der Waals surface area contributed by atoms with Crippen molar-refractivity contribution >= 4 is 11.6 Å². The van der Waals surface area contributed by atoms with E-state index in [4.69, 9.17) is 4.74 Å². The molecule has 0 amide bonds. The molecule has 3 fully saturated rings. The molecular formula is C26H40O5. The topological polar surface area (TPSA) is 83.8 Å². The van der Waals surface area contributed by atoms with E-state index in [-0.39, 0.29) is 23.2 Å². The van der Waals surface area contributed by atoms with Crippen molar-refractivity contribution in [2.24, 2.45) is 28.6 Å². The molecule has 0 spiro atoms. The first-order valence-electron chi connectivity index (χ1n) is 12.4. The van der Waals surface area contributed by atoms with Crippen LogP contribution < -0.4 is 0 Å². The van der Waals surface area contributed by atoms with Crippen LogP contribution in [0.3, 0.4) is 0 Å². The molecule has 0 radical (unpaired) electrons. The van der Waals surface area contributed by atoms with Gasteiger partial charge in [0.2, 0.25) is 0 Å². The smallest absolute Gasteiger partial charge is 0.190 e. The highest BCUT2D eigenvalue weighted by molar-refractivity contribution is 5.92. The Morgan fingerprint density at radius 3 is 2.61 bits per heavy atom. The standard InChI is InChI=1S/C26H40O5/c1-4-5-6-13-31-22-15-18-19(24(2)10-7-17(28)14-21(22)24)8-11-25(3)20(18)9-12-26(25,30)23(29)16-27/h14,18-20,22,27,30H,4-13,15-16H2,1-3H3/t18-,19+,20+,22-,24-,25+,26+/m1/s1. The minimum atomic E-state index is -1.42. The van der Waals surface area contributed by atoms with Crippen LogP contribution in [0.15, 0.2) is 11.6 Å². The lowest BCUT2D eigenvalue weighted by atomic mass is 9.45. The van der Waals surface area contributed by atoms with Crippen LogP contribution in [-0.4, -0.2) is 46.7 Å². The Balaban J connectivity index is 1.65. The molecule has 0 aromatic carbocycles. The largest absolute Gasteiger partial charge is 0.388 e. The van der Waals surface area contributed by atoms with Gasteiger partial charge in [-0.15, -0.1) is 0 Å². The molecule has 0 heterocycles. The summed E-state index contributed by atoms with van der Waals surface area (Å²) in [5.41, 5.74) is -0.767. The maximum absolute atomic E-state index is 12.6. The van der Waals surface area contributed by atoms with E-state index in [0.29, 0.717) is 31.3 Å². The summed E-state index contributed by atoms with van der Waals surface area (Å²) in [5.74, 6) is 0.856.